The van der Waals surface area contributed by atoms with Crippen LogP contribution >= 0.6 is 23.1 Å². The number of aromatic nitrogens is 2. The fourth-order valence-corrected chi connectivity index (χ4v) is 4.43. The summed E-state index contributed by atoms with van der Waals surface area (Å²) in [5, 5.41) is 8.16. The van der Waals surface area contributed by atoms with Crippen LogP contribution in [0.2, 0.25) is 0 Å². The third kappa shape index (κ3) is 3.99. The molecule has 1 amide bonds. The molecule has 1 saturated heterocycles. The van der Waals surface area contributed by atoms with Crippen molar-refractivity contribution in [3.8, 4) is 5.75 Å². The molecular weight excluding hydrogens is 344 g/mol. The molecule has 1 aromatic carbocycles. The van der Waals surface area contributed by atoms with Crippen LogP contribution in [0.4, 0.5) is 5.13 Å². The van der Waals surface area contributed by atoms with Gasteiger partial charge in [-0.1, -0.05) is 35.2 Å². The number of carbonyl (C=O) groups excluding carboxylic acids is 1. The lowest BCUT2D eigenvalue weighted by Crippen LogP contribution is -2.39. The number of likely N-dealkylation sites (tertiary alicyclic amines) is 1. The fraction of sp³-hybridized carbons (Fsp3) is 0.438. The summed E-state index contributed by atoms with van der Waals surface area (Å²) in [5.74, 6) is 1.31. The summed E-state index contributed by atoms with van der Waals surface area (Å²) in [6.45, 7) is 0.791. The summed E-state index contributed by atoms with van der Waals surface area (Å²) in [7, 11) is 1.66. The van der Waals surface area contributed by atoms with Crippen molar-refractivity contribution in [2.45, 2.75) is 29.6 Å². The summed E-state index contributed by atoms with van der Waals surface area (Å²) in [6, 6.07) is 8.10. The molecule has 0 radical (unpaired) electrons. The molecule has 0 spiro atoms. The second-order valence-corrected chi connectivity index (χ2v) is 7.80. The zero-order valence-electron chi connectivity index (χ0n) is 13.5. The lowest BCUT2D eigenvalue weighted by Gasteiger charge is -2.36. The van der Waals surface area contributed by atoms with Crippen LogP contribution in [0, 0.1) is 0 Å². The summed E-state index contributed by atoms with van der Waals surface area (Å²) in [5.41, 5.74) is 6.71. The molecule has 128 valence electrons. The number of ether oxygens (including phenoxy) is 1. The van der Waals surface area contributed by atoms with Gasteiger partial charge in [-0.15, -0.1) is 10.2 Å². The van der Waals surface area contributed by atoms with Gasteiger partial charge in [0.1, 0.15) is 5.75 Å². The van der Waals surface area contributed by atoms with Crippen molar-refractivity contribution in [1.29, 1.82) is 0 Å². The minimum Gasteiger partial charge on any atom is -0.497 e. The van der Waals surface area contributed by atoms with E-state index in [0.29, 0.717) is 10.9 Å². The van der Waals surface area contributed by atoms with Gasteiger partial charge < -0.3 is 15.4 Å². The Kier molecular flexibility index (Phi) is 5.57. The van der Waals surface area contributed by atoms with Gasteiger partial charge in [0.15, 0.2) is 4.34 Å². The number of benzene rings is 1. The molecule has 1 atom stereocenters. The fourth-order valence-electron chi connectivity index (χ4n) is 2.91. The van der Waals surface area contributed by atoms with Crippen LogP contribution < -0.4 is 10.5 Å². The van der Waals surface area contributed by atoms with E-state index < -0.39 is 0 Å². The maximum absolute atomic E-state index is 12.7. The first-order chi connectivity index (χ1) is 11.7. The van der Waals surface area contributed by atoms with Gasteiger partial charge in [-0.3, -0.25) is 4.79 Å². The molecule has 1 aromatic heterocycles. The van der Waals surface area contributed by atoms with E-state index >= 15 is 0 Å². The van der Waals surface area contributed by atoms with Crippen LogP contribution in [-0.2, 0) is 4.79 Å². The number of hydrogen-bond acceptors (Lipinski definition) is 7. The van der Waals surface area contributed by atoms with E-state index in [1.165, 1.54) is 23.1 Å². The van der Waals surface area contributed by atoms with Crippen LogP contribution in [0.1, 0.15) is 30.9 Å². The van der Waals surface area contributed by atoms with E-state index in [2.05, 4.69) is 16.3 Å². The number of nitrogens with two attached hydrogens (primary N) is 1. The van der Waals surface area contributed by atoms with Crippen LogP contribution in [-0.4, -0.2) is 40.4 Å². The second-order valence-electron chi connectivity index (χ2n) is 5.57. The summed E-state index contributed by atoms with van der Waals surface area (Å²) in [4.78, 5) is 14.7. The third-order valence-electron chi connectivity index (χ3n) is 4.04. The number of carbonyl (C=O) groups is 1. The van der Waals surface area contributed by atoms with E-state index in [9.17, 15) is 4.79 Å². The summed E-state index contributed by atoms with van der Waals surface area (Å²) in [6.07, 6.45) is 3.16. The van der Waals surface area contributed by atoms with E-state index in [4.69, 9.17) is 10.5 Å². The van der Waals surface area contributed by atoms with Crippen molar-refractivity contribution in [2.75, 3.05) is 25.1 Å². The molecule has 24 heavy (non-hydrogen) atoms. The van der Waals surface area contributed by atoms with Crippen LogP contribution in [0.15, 0.2) is 28.6 Å². The predicted molar refractivity (Wildman–Crippen MR) is 96.3 cm³/mol. The molecule has 3 rings (SSSR count). The topological polar surface area (TPSA) is 81.3 Å². The zero-order chi connectivity index (χ0) is 16.9. The number of nitrogens with zero attached hydrogens (tertiary/aromatic N) is 3. The summed E-state index contributed by atoms with van der Waals surface area (Å²) >= 11 is 2.71. The Hall–Kier alpha value is -1.80. The highest BCUT2D eigenvalue weighted by atomic mass is 32.2. The Bertz CT molecular complexity index is 707. The summed E-state index contributed by atoms with van der Waals surface area (Å²) < 4.78 is 6.05. The lowest BCUT2D eigenvalue weighted by atomic mass is 9.95. The smallest absolute Gasteiger partial charge is 0.233 e. The zero-order valence-corrected chi connectivity index (χ0v) is 15.1. The Labute approximate surface area is 149 Å². The number of rotatable bonds is 5. The molecule has 8 heteroatoms. The molecule has 1 aliphatic heterocycles. The van der Waals surface area contributed by atoms with Crippen molar-refractivity contribution in [3.63, 3.8) is 0 Å². The molecule has 1 fully saturated rings. The van der Waals surface area contributed by atoms with Gasteiger partial charge >= 0.3 is 0 Å². The van der Waals surface area contributed by atoms with Crippen LogP contribution in [0.25, 0.3) is 0 Å². The van der Waals surface area contributed by atoms with Gasteiger partial charge in [0, 0.05) is 6.54 Å². The molecule has 0 unspecified atom stereocenters. The number of hydrogen-bond donors (Lipinski definition) is 1. The Morgan fingerprint density at radius 3 is 3.08 bits per heavy atom. The largest absolute Gasteiger partial charge is 0.497 e. The molecule has 2 aromatic rings. The van der Waals surface area contributed by atoms with Crippen molar-refractivity contribution < 1.29 is 9.53 Å². The maximum atomic E-state index is 12.7. The number of nitrogen functional groups attached to an aromatic ring is 1. The normalized spacial score (nSPS) is 17.7. The molecule has 0 aliphatic carbocycles. The van der Waals surface area contributed by atoms with E-state index in [1.807, 2.05) is 23.1 Å². The van der Waals surface area contributed by atoms with Crippen molar-refractivity contribution >= 4 is 34.1 Å². The molecular formula is C16H20N4O2S2. The third-order valence-corrected chi connectivity index (χ3v) is 5.91. The van der Waals surface area contributed by atoms with Crippen molar-refractivity contribution in [1.82, 2.24) is 15.1 Å². The van der Waals surface area contributed by atoms with Crippen LogP contribution in [0.3, 0.4) is 0 Å². The molecule has 2 heterocycles. The molecule has 2 N–H and O–H groups in total. The van der Waals surface area contributed by atoms with Gasteiger partial charge in [0.2, 0.25) is 11.0 Å². The number of anilines is 1. The van der Waals surface area contributed by atoms with E-state index in [1.54, 1.807) is 7.11 Å². The molecule has 0 bridgehead atoms. The molecule has 1 aliphatic rings. The average Bonchev–Trinajstić information content (AvgIpc) is 3.05. The Balaban J connectivity index is 1.70. The Morgan fingerprint density at radius 1 is 1.46 bits per heavy atom. The SMILES string of the molecule is COc1cccc([C@@H]2CCCCN2C(=O)CSc2nnc(N)s2)c1. The first kappa shape index (κ1) is 17.0. The number of thioether (sulfide) groups is 1. The number of amides is 1. The van der Waals surface area contributed by atoms with Crippen LogP contribution in [0.5, 0.6) is 5.75 Å². The average molecular weight is 364 g/mol. The highest BCUT2D eigenvalue weighted by Gasteiger charge is 2.28. The Morgan fingerprint density at radius 2 is 2.33 bits per heavy atom. The minimum atomic E-state index is 0.112. The monoisotopic (exact) mass is 364 g/mol. The standard InChI is InChI=1S/C16H20N4O2S2/c1-22-12-6-4-5-11(9-12)13-7-2-3-8-20(13)14(21)10-23-16-19-18-15(17)24-16/h4-6,9,13H,2-3,7-8,10H2,1H3,(H2,17,18)/t13-/m0/s1. The van der Waals surface area contributed by atoms with Gasteiger partial charge in [-0.2, -0.15) is 0 Å². The number of methoxy groups -OCH3 is 1. The van der Waals surface area contributed by atoms with Gasteiger partial charge in [-0.25, -0.2) is 0 Å². The first-order valence-electron chi connectivity index (χ1n) is 7.82. The van der Waals surface area contributed by atoms with Gasteiger partial charge in [0.25, 0.3) is 0 Å². The van der Waals surface area contributed by atoms with Gasteiger partial charge in [-0.05, 0) is 37.0 Å². The van der Waals surface area contributed by atoms with Crippen molar-refractivity contribution in [3.05, 3.63) is 29.8 Å². The predicted octanol–water partition coefficient (Wildman–Crippen LogP) is 2.97. The van der Waals surface area contributed by atoms with Crippen molar-refractivity contribution in [2.24, 2.45) is 0 Å². The molecule has 6 nitrogen and oxygen atoms in total. The number of piperidine rings is 1. The second kappa shape index (κ2) is 7.85. The highest BCUT2D eigenvalue weighted by molar-refractivity contribution is 8.01. The minimum absolute atomic E-state index is 0.112. The lowest BCUT2D eigenvalue weighted by molar-refractivity contribution is -0.132. The first-order valence-corrected chi connectivity index (χ1v) is 9.63. The maximum Gasteiger partial charge on any atom is 0.233 e. The van der Waals surface area contributed by atoms with Gasteiger partial charge in [0.05, 0.1) is 18.9 Å². The van der Waals surface area contributed by atoms with E-state index in [0.717, 1.165) is 41.5 Å². The van der Waals surface area contributed by atoms with E-state index in [-0.39, 0.29) is 11.9 Å². The quantitative estimate of drug-likeness (QED) is 0.822. The molecule has 0 saturated carbocycles. The highest BCUT2D eigenvalue weighted by Crippen LogP contribution is 2.33.